The van der Waals surface area contributed by atoms with E-state index in [1.54, 1.807) is 12.1 Å². The SMILES string of the molecule is Cc1cc(NS(=O)(=O)CC(N)=S)cc(C)c1Br. The molecule has 4 nitrogen and oxygen atoms in total. The van der Waals surface area contributed by atoms with Crippen LogP contribution in [0.5, 0.6) is 0 Å². The van der Waals surface area contributed by atoms with Crippen molar-refractivity contribution in [2.45, 2.75) is 13.8 Å². The lowest BCUT2D eigenvalue weighted by Gasteiger charge is -2.10. The Bertz CT molecular complexity index is 532. The maximum absolute atomic E-state index is 11.6. The van der Waals surface area contributed by atoms with E-state index in [0.717, 1.165) is 15.6 Å². The Morgan fingerprint density at radius 3 is 2.29 bits per heavy atom. The van der Waals surface area contributed by atoms with Gasteiger partial charge in [0.1, 0.15) is 5.75 Å². The molecule has 1 aromatic rings. The van der Waals surface area contributed by atoms with E-state index >= 15 is 0 Å². The fourth-order valence-electron chi connectivity index (χ4n) is 1.41. The molecule has 0 aliphatic rings. The molecule has 0 atom stereocenters. The molecule has 94 valence electrons. The number of rotatable bonds is 4. The van der Waals surface area contributed by atoms with Gasteiger partial charge in [0.25, 0.3) is 0 Å². The third kappa shape index (κ3) is 4.25. The Morgan fingerprint density at radius 1 is 1.41 bits per heavy atom. The predicted molar refractivity (Wildman–Crippen MR) is 77.8 cm³/mol. The van der Waals surface area contributed by atoms with Crippen molar-refractivity contribution in [1.29, 1.82) is 0 Å². The standard InChI is InChI=1S/C10H13BrN2O2S2/c1-6-3-8(4-7(2)10(6)11)13-17(14,15)5-9(12)16/h3-4,13H,5H2,1-2H3,(H2,12,16). The number of hydrogen-bond donors (Lipinski definition) is 2. The van der Waals surface area contributed by atoms with Gasteiger partial charge in [0, 0.05) is 10.2 Å². The zero-order chi connectivity index (χ0) is 13.2. The van der Waals surface area contributed by atoms with Crippen molar-refractivity contribution in [3.05, 3.63) is 27.7 Å². The summed E-state index contributed by atoms with van der Waals surface area (Å²) in [6.07, 6.45) is 0. The Hall–Kier alpha value is -0.660. The molecule has 7 heteroatoms. The quantitative estimate of drug-likeness (QED) is 0.826. The number of nitrogens with two attached hydrogens (primary N) is 1. The van der Waals surface area contributed by atoms with Gasteiger partial charge in [0.05, 0.1) is 4.99 Å². The van der Waals surface area contributed by atoms with Gasteiger partial charge in [-0.3, -0.25) is 4.72 Å². The first-order valence-electron chi connectivity index (χ1n) is 4.77. The Labute approximate surface area is 115 Å². The first kappa shape index (κ1) is 14.4. The highest BCUT2D eigenvalue weighted by Gasteiger charge is 2.13. The van der Waals surface area contributed by atoms with Crippen LogP contribution in [-0.4, -0.2) is 19.2 Å². The van der Waals surface area contributed by atoms with Crippen molar-refractivity contribution in [2.24, 2.45) is 5.73 Å². The number of aryl methyl sites for hydroxylation is 2. The van der Waals surface area contributed by atoms with Gasteiger partial charge >= 0.3 is 0 Å². The highest BCUT2D eigenvalue weighted by Crippen LogP contribution is 2.25. The second kappa shape index (κ2) is 5.32. The molecule has 0 aliphatic carbocycles. The summed E-state index contributed by atoms with van der Waals surface area (Å²) in [6, 6.07) is 3.49. The Balaban J connectivity index is 3.01. The van der Waals surface area contributed by atoms with Crippen molar-refractivity contribution < 1.29 is 8.42 Å². The maximum Gasteiger partial charge on any atom is 0.239 e. The van der Waals surface area contributed by atoms with Gasteiger partial charge in [-0.25, -0.2) is 8.42 Å². The van der Waals surface area contributed by atoms with Crippen LogP contribution >= 0.6 is 28.1 Å². The van der Waals surface area contributed by atoms with E-state index in [1.807, 2.05) is 13.8 Å². The van der Waals surface area contributed by atoms with Crippen LogP contribution in [0.2, 0.25) is 0 Å². The first-order chi connectivity index (χ1) is 7.71. The van der Waals surface area contributed by atoms with Crippen molar-refractivity contribution in [1.82, 2.24) is 0 Å². The molecule has 0 aromatic heterocycles. The van der Waals surface area contributed by atoms with E-state index in [2.05, 4.69) is 32.9 Å². The van der Waals surface area contributed by atoms with E-state index in [1.165, 1.54) is 0 Å². The smallest absolute Gasteiger partial charge is 0.239 e. The zero-order valence-corrected chi connectivity index (χ0v) is 12.7. The van der Waals surface area contributed by atoms with Gasteiger partial charge in [-0.15, -0.1) is 0 Å². The summed E-state index contributed by atoms with van der Waals surface area (Å²) < 4.78 is 26.7. The molecule has 0 saturated heterocycles. The summed E-state index contributed by atoms with van der Waals surface area (Å²) in [6.45, 7) is 3.78. The number of thiocarbonyl (C=S) groups is 1. The molecule has 0 amide bonds. The van der Waals surface area contributed by atoms with Crippen LogP contribution in [0.4, 0.5) is 5.69 Å². The van der Waals surface area contributed by atoms with Crippen LogP contribution in [0.25, 0.3) is 0 Å². The van der Waals surface area contributed by atoms with E-state index in [0.29, 0.717) is 5.69 Å². The van der Waals surface area contributed by atoms with E-state index in [9.17, 15) is 8.42 Å². The van der Waals surface area contributed by atoms with Crippen LogP contribution in [0.3, 0.4) is 0 Å². The molecule has 0 fully saturated rings. The van der Waals surface area contributed by atoms with Crippen LogP contribution in [-0.2, 0) is 10.0 Å². The minimum Gasteiger partial charge on any atom is -0.392 e. The number of nitrogens with one attached hydrogen (secondary N) is 1. The zero-order valence-electron chi connectivity index (χ0n) is 9.45. The van der Waals surface area contributed by atoms with Gasteiger partial charge in [0.15, 0.2) is 0 Å². The highest BCUT2D eigenvalue weighted by molar-refractivity contribution is 9.10. The number of anilines is 1. The van der Waals surface area contributed by atoms with Crippen LogP contribution in [0.1, 0.15) is 11.1 Å². The number of benzene rings is 1. The molecule has 17 heavy (non-hydrogen) atoms. The minimum atomic E-state index is -3.51. The molecule has 0 heterocycles. The summed E-state index contributed by atoms with van der Waals surface area (Å²) in [5.74, 6) is -0.351. The predicted octanol–water partition coefficient (Wildman–Crippen LogP) is 2.09. The summed E-state index contributed by atoms with van der Waals surface area (Å²) in [5, 5.41) is 0. The van der Waals surface area contributed by atoms with E-state index < -0.39 is 10.0 Å². The molecule has 1 rings (SSSR count). The average Bonchev–Trinajstić information content (AvgIpc) is 2.10. The lowest BCUT2D eigenvalue weighted by molar-refractivity contribution is 0.605. The lowest BCUT2D eigenvalue weighted by Crippen LogP contribution is -2.26. The second-order valence-corrected chi connectivity index (χ2v) is 6.79. The normalized spacial score (nSPS) is 11.2. The van der Waals surface area contributed by atoms with Gasteiger partial charge < -0.3 is 5.73 Å². The summed E-state index contributed by atoms with van der Waals surface area (Å²) in [7, 11) is -3.51. The minimum absolute atomic E-state index is 0.0527. The molecule has 0 saturated carbocycles. The molecular weight excluding hydrogens is 324 g/mol. The summed E-state index contributed by atoms with van der Waals surface area (Å²) in [5.41, 5.74) is 7.65. The fourth-order valence-corrected chi connectivity index (χ4v) is 3.03. The van der Waals surface area contributed by atoms with Crippen molar-refractivity contribution in [3.8, 4) is 0 Å². The average molecular weight is 337 g/mol. The van der Waals surface area contributed by atoms with Crippen molar-refractivity contribution in [2.75, 3.05) is 10.5 Å². The lowest BCUT2D eigenvalue weighted by atomic mass is 10.1. The third-order valence-electron chi connectivity index (χ3n) is 2.04. The summed E-state index contributed by atoms with van der Waals surface area (Å²) >= 11 is 8.00. The molecular formula is C10H13BrN2O2S2. The molecule has 0 spiro atoms. The first-order valence-corrected chi connectivity index (χ1v) is 7.62. The number of hydrogen-bond acceptors (Lipinski definition) is 3. The van der Waals surface area contributed by atoms with Crippen LogP contribution in [0, 0.1) is 13.8 Å². The third-order valence-corrected chi connectivity index (χ3v) is 4.86. The van der Waals surface area contributed by atoms with Gasteiger partial charge in [-0.2, -0.15) is 0 Å². The fraction of sp³-hybridized carbons (Fsp3) is 0.300. The van der Waals surface area contributed by atoms with Crippen LogP contribution < -0.4 is 10.5 Å². The largest absolute Gasteiger partial charge is 0.392 e. The van der Waals surface area contributed by atoms with Crippen molar-refractivity contribution in [3.63, 3.8) is 0 Å². The molecule has 0 radical (unpaired) electrons. The molecule has 3 N–H and O–H groups in total. The molecule has 0 bridgehead atoms. The molecule has 1 aromatic carbocycles. The Morgan fingerprint density at radius 2 is 1.88 bits per heavy atom. The molecule has 0 unspecified atom stereocenters. The maximum atomic E-state index is 11.6. The summed E-state index contributed by atoms with van der Waals surface area (Å²) in [4.78, 5) is -0.0527. The Kier molecular flexibility index (Phi) is 4.51. The van der Waals surface area contributed by atoms with E-state index in [4.69, 9.17) is 5.73 Å². The van der Waals surface area contributed by atoms with Crippen LogP contribution in [0.15, 0.2) is 16.6 Å². The molecule has 0 aliphatic heterocycles. The van der Waals surface area contributed by atoms with E-state index in [-0.39, 0.29) is 10.7 Å². The van der Waals surface area contributed by atoms with Crippen molar-refractivity contribution >= 4 is 48.8 Å². The topological polar surface area (TPSA) is 72.2 Å². The highest BCUT2D eigenvalue weighted by atomic mass is 79.9. The van der Waals surface area contributed by atoms with Gasteiger partial charge in [-0.1, -0.05) is 28.1 Å². The monoisotopic (exact) mass is 336 g/mol. The van der Waals surface area contributed by atoms with Gasteiger partial charge in [0.2, 0.25) is 10.0 Å². The number of sulfonamides is 1. The van der Waals surface area contributed by atoms with Gasteiger partial charge in [-0.05, 0) is 37.1 Å². The number of halogens is 1. The second-order valence-electron chi connectivity index (χ2n) is 3.75.